The molecule has 0 aliphatic carbocycles. The van der Waals surface area contributed by atoms with Crippen molar-refractivity contribution in [1.29, 1.82) is 0 Å². The number of sulfonamides is 1. The third-order valence-electron chi connectivity index (χ3n) is 4.34. The van der Waals surface area contributed by atoms with Gasteiger partial charge in [0.1, 0.15) is 5.75 Å². The molecule has 3 rings (SSSR count). The lowest BCUT2D eigenvalue weighted by molar-refractivity contribution is 0.102. The monoisotopic (exact) mass is 408 g/mol. The van der Waals surface area contributed by atoms with Gasteiger partial charge in [0.25, 0.3) is 5.91 Å². The summed E-state index contributed by atoms with van der Waals surface area (Å²) in [6.45, 7) is 4.17. The number of nitrogens with zero attached hydrogens (tertiary/aromatic N) is 1. The van der Waals surface area contributed by atoms with Crippen molar-refractivity contribution in [3.63, 3.8) is 0 Å². The molecule has 1 aliphatic heterocycles. The van der Waals surface area contributed by atoms with E-state index in [0.29, 0.717) is 40.7 Å². The highest BCUT2D eigenvalue weighted by Crippen LogP contribution is 2.35. The van der Waals surface area contributed by atoms with Crippen molar-refractivity contribution in [3.8, 4) is 5.75 Å². The van der Waals surface area contributed by atoms with Crippen LogP contribution in [0.2, 0.25) is 5.02 Å². The minimum Gasteiger partial charge on any atom is -0.492 e. The Bertz CT molecular complexity index is 991. The maximum absolute atomic E-state index is 12.7. The van der Waals surface area contributed by atoms with E-state index >= 15 is 0 Å². The summed E-state index contributed by atoms with van der Waals surface area (Å²) in [5, 5.41) is 3.30. The van der Waals surface area contributed by atoms with Gasteiger partial charge in [0.2, 0.25) is 10.0 Å². The summed E-state index contributed by atoms with van der Waals surface area (Å²) < 4.78 is 31.0. The Morgan fingerprint density at radius 2 is 2.04 bits per heavy atom. The Morgan fingerprint density at radius 1 is 1.30 bits per heavy atom. The number of hydrogen-bond donors (Lipinski definition) is 1. The summed E-state index contributed by atoms with van der Waals surface area (Å²) >= 11 is 6.03. The van der Waals surface area contributed by atoms with Crippen molar-refractivity contribution in [2.24, 2.45) is 0 Å². The molecule has 1 heterocycles. The molecule has 8 heteroatoms. The van der Waals surface area contributed by atoms with E-state index in [4.69, 9.17) is 16.3 Å². The number of hydrogen-bond acceptors (Lipinski definition) is 4. The lowest BCUT2D eigenvalue weighted by atomic mass is 10.1. The second-order valence-electron chi connectivity index (χ2n) is 6.48. The van der Waals surface area contributed by atoms with Crippen LogP contribution in [0.5, 0.6) is 5.75 Å². The van der Waals surface area contributed by atoms with Crippen LogP contribution in [-0.4, -0.2) is 33.2 Å². The van der Waals surface area contributed by atoms with E-state index in [9.17, 15) is 13.2 Å². The molecule has 0 saturated heterocycles. The van der Waals surface area contributed by atoms with Crippen molar-refractivity contribution in [1.82, 2.24) is 0 Å². The molecule has 1 unspecified atom stereocenters. The molecule has 0 radical (unpaired) electrons. The molecule has 144 valence electrons. The van der Waals surface area contributed by atoms with Crippen molar-refractivity contribution >= 4 is 38.9 Å². The lowest BCUT2D eigenvalue weighted by Gasteiger charge is -2.22. The van der Waals surface area contributed by atoms with Crippen LogP contribution in [0.3, 0.4) is 0 Å². The van der Waals surface area contributed by atoms with E-state index < -0.39 is 10.0 Å². The Labute approximate surface area is 164 Å². The number of carbonyl (C=O) groups is 1. The number of amides is 1. The van der Waals surface area contributed by atoms with Crippen LogP contribution in [0.15, 0.2) is 36.4 Å². The van der Waals surface area contributed by atoms with Gasteiger partial charge in [-0.25, -0.2) is 8.42 Å². The predicted molar refractivity (Wildman–Crippen MR) is 108 cm³/mol. The molecule has 0 bridgehead atoms. The zero-order chi connectivity index (χ0) is 19.8. The number of benzene rings is 2. The molecule has 0 saturated carbocycles. The third kappa shape index (κ3) is 4.04. The molecule has 1 atom stereocenters. The fraction of sp³-hybridized carbons (Fsp3) is 0.316. The first-order valence-electron chi connectivity index (χ1n) is 8.56. The van der Waals surface area contributed by atoms with Gasteiger partial charge in [0.15, 0.2) is 0 Å². The number of nitrogens with one attached hydrogen (secondary N) is 1. The maximum atomic E-state index is 12.7. The standard InChI is InChI=1S/C19H21ClN2O4S/c1-4-26-18-8-6-15(20)11-16(18)21-19(23)13-5-7-17-14(10-13)9-12(2)22(17)27(3,24)25/h5-8,10-12H,4,9H2,1-3H3,(H,21,23). The number of rotatable bonds is 5. The van der Waals surface area contributed by atoms with Crippen LogP contribution in [-0.2, 0) is 16.4 Å². The number of anilines is 2. The second kappa shape index (κ2) is 7.40. The van der Waals surface area contributed by atoms with Gasteiger partial charge in [-0.3, -0.25) is 9.10 Å². The highest BCUT2D eigenvalue weighted by Gasteiger charge is 2.32. The van der Waals surface area contributed by atoms with Gasteiger partial charge >= 0.3 is 0 Å². The molecular weight excluding hydrogens is 388 g/mol. The van der Waals surface area contributed by atoms with E-state index in [1.165, 1.54) is 10.6 Å². The molecule has 27 heavy (non-hydrogen) atoms. The van der Waals surface area contributed by atoms with E-state index in [2.05, 4.69) is 5.32 Å². The van der Waals surface area contributed by atoms with Gasteiger partial charge in [-0.15, -0.1) is 0 Å². The fourth-order valence-electron chi connectivity index (χ4n) is 3.33. The first kappa shape index (κ1) is 19.5. The molecule has 2 aromatic rings. The normalized spacial score (nSPS) is 16.1. The minimum absolute atomic E-state index is 0.175. The van der Waals surface area contributed by atoms with Crippen LogP contribution < -0.4 is 14.4 Å². The Hall–Kier alpha value is -2.25. The topological polar surface area (TPSA) is 75.7 Å². The highest BCUT2D eigenvalue weighted by atomic mass is 35.5. The van der Waals surface area contributed by atoms with E-state index in [0.717, 1.165) is 5.56 Å². The summed E-state index contributed by atoms with van der Waals surface area (Å²) in [6.07, 6.45) is 1.75. The van der Waals surface area contributed by atoms with Crippen LogP contribution >= 0.6 is 11.6 Å². The van der Waals surface area contributed by atoms with Crippen LogP contribution in [0.1, 0.15) is 29.8 Å². The molecule has 1 amide bonds. The summed E-state index contributed by atoms with van der Waals surface area (Å²) in [6, 6.07) is 9.88. The fourth-order valence-corrected chi connectivity index (χ4v) is 4.76. The Kier molecular flexibility index (Phi) is 5.35. The van der Waals surface area contributed by atoms with Crippen molar-refractivity contribution in [3.05, 3.63) is 52.5 Å². The van der Waals surface area contributed by atoms with Gasteiger partial charge in [0, 0.05) is 16.6 Å². The third-order valence-corrected chi connectivity index (χ3v) is 5.85. The largest absolute Gasteiger partial charge is 0.492 e. The van der Waals surface area contributed by atoms with Crippen LogP contribution in [0.25, 0.3) is 0 Å². The average Bonchev–Trinajstić information content (AvgIpc) is 2.92. The molecule has 2 aromatic carbocycles. The smallest absolute Gasteiger partial charge is 0.255 e. The SMILES string of the molecule is CCOc1ccc(Cl)cc1NC(=O)c1ccc2c(c1)CC(C)N2S(C)(=O)=O. The quantitative estimate of drug-likeness (QED) is 0.818. The number of ether oxygens (including phenoxy) is 1. The van der Waals surface area contributed by atoms with E-state index in [-0.39, 0.29) is 11.9 Å². The summed E-state index contributed by atoms with van der Waals surface area (Å²) in [5.41, 5.74) is 2.38. The second-order valence-corrected chi connectivity index (χ2v) is 8.78. The average molecular weight is 409 g/mol. The minimum atomic E-state index is -3.36. The Balaban J connectivity index is 1.88. The van der Waals surface area contributed by atoms with Gasteiger partial charge in [-0.05, 0) is 62.2 Å². The molecule has 0 fully saturated rings. The van der Waals surface area contributed by atoms with Gasteiger partial charge in [-0.1, -0.05) is 11.6 Å². The van der Waals surface area contributed by atoms with Gasteiger partial charge < -0.3 is 10.1 Å². The molecule has 0 aromatic heterocycles. The van der Waals surface area contributed by atoms with Crippen LogP contribution in [0.4, 0.5) is 11.4 Å². The number of carbonyl (C=O) groups excluding carboxylic acids is 1. The number of fused-ring (bicyclic) bond motifs is 1. The zero-order valence-corrected chi connectivity index (χ0v) is 16.9. The zero-order valence-electron chi connectivity index (χ0n) is 15.3. The van der Waals surface area contributed by atoms with Crippen molar-refractivity contribution < 1.29 is 17.9 Å². The van der Waals surface area contributed by atoms with Crippen LogP contribution in [0, 0.1) is 0 Å². The molecule has 1 N–H and O–H groups in total. The number of halogens is 1. The predicted octanol–water partition coefficient (Wildman–Crippen LogP) is 3.70. The first-order valence-corrected chi connectivity index (χ1v) is 10.8. The highest BCUT2D eigenvalue weighted by molar-refractivity contribution is 7.92. The van der Waals surface area contributed by atoms with Crippen molar-refractivity contribution in [2.45, 2.75) is 26.3 Å². The summed E-state index contributed by atoms with van der Waals surface area (Å²) in [4.78, 5) is 12.7. The first-order chi connectivity index (χ1) is 12.7. The Morgan fingerprint density at radius 3 is 2.70 bits per heavy atom. The van der Waals surface area contributed by atoms with E-state index in [1.54, 1.807) is 36.4 Å². The molecular formula is C19H21ClN2O4S. The summed E-state index contributed by atoms with van der Waals surface area (Å²) in [7, 11) is -3.36. The summed E-state index contributed by atoms with van der Waals surface area (Å²) in [5.74, 6) is 0.222. The van der Waals surface area contributed by atoms with E-state index in [1.807, 2.05) is 13.8 Å². The molecule has 1 aliphatic rings. The van der Waals surface area contributed by atoms with Gasteiger partial charge in [0.05, 0.1) is 24.2 Å². The molecule has 6 nitrogen and oxygen atoms in total. The van der Waals surface area contributed by atoms with Crippen molar-refractivity contribution in [2.75, 3.05) is 22.5 Å². The molecule has 0 spiro atoms. The van der Waals surface area contributed by atoms with Gasteiger partial charge in [-0.2, -0.15) is 0 Å². The maximum Gasteiger partial charge on any atom is 0.255 e. The lowest BCUT2D eigenvalue weighted by Crippen LogP contribution is -2.34.